The molecule has 2 aliphatic heterocycles. The number of unbranched alkanes of at least 4 members (excludes halogenated alkanes) is 1. The number of amides is 3. The van der Waals surface area contributed by atoms with E-state index in [-0.39, 0.29) is 25.0 Å². The van der Waals surface area contributed by atoms with Gasteiger partial charge in [0, 0.05) is 38.9 Å². The lowest BCUT2D eigenvalue weighted by Gasteiger charge is -2.35. The molecule has 0 saturated carbocycles. The van der Waals surface area contributed by atoms with Crippen molar-refractivity contribution in [1.82, 2.24) is 20.1 Å². The number of anilines is 3. The molecule has 10 nitrogen and oxygen atoms in total. The van der Waals surface area contributed by atoms with Gasteiger partial charge in [0.25, 0.3) is 5.91 Å². The molecule has 2 aromatic carbocycles. The largest absolute Gasteiger partial charge is 0.445 e. The van der Waals surface area contributed by atoms with Crippen molar-refractivity contribution in [3.05, 3.63) is 84.1 Å². The first-order valence-corrected chi connectivity index (χ1v) is 13.7. The van der Waals surface area contributed by atoms with Crippen molar-refractivity contribution in [3.63, 3.8) is 0 Å². The number of hydrogen-bond donors (Lipinski definition) is 2. The zero-order valence-electron chi connectivity index (χ0n) is 22.4. The Labute approximate surface area is 233 Å². The van der Waals surface area contributed by atoms with Crippen molar-refractivity contribution in [2.24, 2.45) is 0 Å². The molecule has 208 valence electrons. The minimum atomic E-state index is -0.396. The smallest absolute Gasteiger partial charge is 0.407 e. The number of benzene rings is 2. The van der Waals surface area contributed by atoms with Gasteiger partial charge in [-0.1, -0.05) is 42.5 Å². The molecule has 3 aromatic rings. The lowest BCUT2D eigenvalue weighted by Crippen LogP contribution is -2.49. The van der Waals surface area contributed by atoms with E-state index in [1.54, 1.807) is 41.4 Å². The summed E-state index contributed by atoms with van der Waals surface area (Å²) in [6.45, 7) is 5.30. The van der Waals surface area contributed by atoms with E-state index in [1.807, 2.05) is 36.4 Å². The van der Waals surface area contributed by atoms with Crippen molar-refractivity contribution in [2.45, 2.75) is 19.4 Å². The van der Waals surface area contributed by atoms with Crippen LogP contribution in [-0.2, 0) is 16.1 Å². The summed E-state index contributed by atoms with van der Waals surface area (Å²) in [6.07, 6.45) is 3.06. The van der Waals surface area contributed by atoms with Crippen LogP contribution < -0.4 is 15.5 Å². The fourth-order valence-electron chi connectivity index (χ4n) is 4.95. The third-order valence-corrected chi connectivity index (χ3v) is 7.09. The molecule has 2 aliphatic rings. The Kier molecular flexibility index (Phi) is 9.00. The fourth-order valence-corrected chi connectivity index (χ4v) is 4.95. The minimum Gasteiger partial charge on any atom is -0.445 e. The summed E-state index contributed by atoms with van der Waals surface area (Å²) in [5.74, 6) is 0.0533. The molecule has 10 heteroatoms. The van der Waals surface area contributed by atoms with Gasteiger partial charge in [-0.15, -0.1) is 0 Å². The van der Waals surface area contributed by atoms with Gasteiger partial charge in [0.05, 0.1) is 23.5 Å². The minimum absolute atomic E-state index is 0.123. The third kappa shape index (κ3) is 6.83. The number of piperazine rings is 1. The molecular weight excluding hydrogens is 508 g/mol. The number of ether oxygens (including phenoxy) is 1. The number of fused-ring (bicyclic) bond motifs is 2. The maximum Gasteiger partial charge on any atom is 0.407 e. The molecule has 0 atom stereocenters. The third-order valence-electron chi connectivity index (χ3n) is 7.09. The molecule has 40 heavy (non-hydrogen) atoms. The van der Waals surface area contributed by atoms with Gasteiger partial charge >= 0.3 is 6.09 Å². The maximum atomic E-state index is 13.6. The number of nitrogens with one attached hydrogen (secondary N) is 2. The van der Waals surface area contributed by atoms with E-state index in [1.165, 1.54) is 0 Å². The van der Waals surface area contributed by atoms with Gasteiger partial charge in [-0.25, -0.2) is 9.78 Å². The van der Waals surface area contributed by atoms with Gasteiger partial charge in [-0.3, -0.25) is 19.4 Å². The second-order valence-electron chi connectivity index (χ2n) is 9.89. The highest BCUT2D eigenvalue weighted by molar-refractivity contribution is 6.17. The Morgan fingerprint density at radius 2 is 1.65 bits per heavy atom. The van der Waals surface area contributed by atoms with Crippen molar-refractivity contribution in [2.75, 3.05) is 56.0 Å². The van der Waals surface area contributed by atoms with Crippen LogP contribution in [0.5, 0.6) is 0 Å². The van der Waals surface area contributed by atoms with Gasteiger partial charge in [0.1, 0.15) is 6.61 Å². The zero-order valence-corrected chi connectivity index (χ0v) is 22.4. The number of carbonyl (C=O) groups is 3. The molecule has 0 spiro atoms. The lowest BCUT2D eigenvalue weighted by atomic mass is 10.1. The molecule has 2 N–H and O–H groups in total. The molecule has 0 bridgehead atoms. The number of nitrogens with zero attached hydrogens (tertiary/aromatic N) is 4. The first kappa shape index (κ1) is 27.3. The Morgan fingerprint density at radius 1 is 0.900 bits per heavy atom. The van der Waals surface area contributed by atoms with Crippen LogP contribution in [0.15, 0.2) is 72.9 Å². The van der Waals surface area contributed by atoms with Crippen molar-refractivity contribution >= 4 is 35.1 Å². The first-order chi connectivity index (χ1) is 19.6. The number of hydrogen-bond acceptors (Lipinski definition) is 7. The van der Waals surface area contributed by atoms with E-state index in [0.29, 0.717) is 29.3 Å². The van der Waals surface area contributed by atoms with E-state index in [2.05, 4.69) is 25.4 Å². The van der Waals surface area contributed by atoms with E-state index < -0.39 is 6.09 Å². The number of aromatic nitrogens is 1. The molecule has 5 rings (SSSR count). The van der Waals surface area contributed by atoms with Crippen molar-refractivity contribution in [3.8, 4) is 0 Å². The van der Waals surface area contributed by atoms with Crippen LogP contribution in [0.4, 0.5) is 22.0 Å². The lowest BCUT2D eigenvalue weighted by molar-refractivity contribution is -0.119. The predicted molar refractivity (Wildman–Crippen MR) is 153 cm³/mol. The van der Waals surface area contributed by atoms with Crippen LogP contribution in [0, 0.1) is 0 Å². The summed E-state index contributed by atoms with van der Waals surface area (Å²) in [6, 6.07) is 20.2. The highest BCUT2D eigenvalue weighted by Crippen LogP contribution is 2.36. The quantitative estimate of drug-likeness (QED) is 0.398. The Morgan fingerprint density at radius 3 is 2.48 bits per heavy atom. The second-order valence-corrected chi connectivity index (χ2v) is 9.89. The molecule has 1 fully saturated rings. The standard InChI is InChI=1S/C30H34N6O4/c37-27(36-26-13-5-4-11-24(26)29(38)33-25-12-8-15-31-28(25)36)21-35-19-17-34(18-20-35)16-7-6-14-32-30(39)40-22-23-9-2-1-3-10-23/h1-5,8-13,15H,6-7,14,16-22H2,(H,32,39)(H,33,38). The van der Waals surface area contributed by atoms with E-state index in [4.69, 9.17) is 4.74 Å². The van der Waals surface area contributed by atoms with Crippen molar-refractivity contribution in [1.29, 1.82) is 0 Å². The topological polar surface area (TPSA) is 107 Å². The number of pyridine rings is 1. The molecule has 3 amide bonds. The normalized spacial score (nSPS) is 15.4. The summed E-state index contributed by atoms with van der Waals surface area (Å²) < 4.78 is 5.24. The second kappa shape index (κ2) is 13.2. The van der Waals surface area contributed by atoms with E-state index in [0.717, 1.165) is 51.1 Å². The van der Waals surface area contributed by atoms with Gasteiger partial charge in [-0.05, 0) is 49.2 Å². The number of alkyl carbamates (subject to hydrolysis) is 1. The molecular formula is C30H34N6O4. The number of para-hydroxylation sites is 1. The van der Waals surface area contributed by atoms with Crippen LogP contribution in [0.2, 0.25) is 0 Å². The number of rotatable bonds is 9. The summed E-state index contributed by atoms with van der Waals surface area (Å²) in [7, 11) is 0. The molecule has 0 radical (unpaired) electrons. The first-order valence-electron chi connectivity index (χ1n) is 13.7. The van der Waals surface area contributed by atoms with Crippen molar-refractivity contribution < 1.29 is 19.1 Å². The van der Waals surface area contributed by atoms with Gasteiger partial charge in [-0.2, -0.15) is 0 Å². The molecule has 1 saturated heterocycles. The Bertz CT molecular complexity index is 1330. The van der Waals surface area contributed by atoms with Gasteiger partial charge in [0.15, 0.2) is 5.82 Å². The molecule has 1 aromatic heterocycles. The summed E-state index contributed by atoms with van der Waals surface area (Å²) in [4.78, 5) is 48.8. The van der Waals surface area contributed by atoms with Crippen LogP contribution >= 0.6 is 0 Å². The average molecular weight is 543 g/mol. The van der Waals surface area contributed by atoms with Crippen LogP contribution in [-0.4, -0.2) is 78.5 Å². The predicted octanol–water partition coefficient (Wildman–Crippen LogP) is 3.64. The SMILES string of the molecule is O=C(NCCCCN1CCN(CC(=O)N2c3ccccc3C(=O)Nc3cccnc32)CC1)OCc1ccccc1. The van der Waals surface area contributed by atoms with E-state index >= 15 is 0 Å². The van der Waals surface area contributed by atoms with Gasteiger partial charge in [0.2, 0.25) is 5.91 Å². The molecule has 0 unspecified atom stereocenters. The number of carbonyl (C=O) groups excluding carboxylic acids is 3. The average Bonchev–Trinajstić information content (AvgIpc) is 3.11. The van der Waals surface area contributed by atoms with Crippen LogP contribution in [0.25, 0.3) is 0 Å². The van der Waals surface area contributed by atoms with E-state index in [9.17, 15) is 14.4 Å². The fraction of sp³-hybridized carbons (Fsp3) is 0.333. The Balaban J connectivity index is 1.05. The summed E-state index contributed by atoms with van der Waals surface area (Å²) in [5, 5.41) is 5.69. The highest BCUT2D eigenvalue weighted by Gasteiger charge is 2.31. The maximum absolute atomic E-state index is 13.6. The molecule has 3 heterocycles. The highest BCUT2D eigenvalue weighted by atomic mass is 16.5. The summed E-state index contributed by atoms with van der Waals surface area (Å²) in [5.41, 5.74) is 2.46. The van der Waals surface area contributed by atoms with Gasteiger partial charge < -0.3 is 20.3 Å². The summed E-state index contributed by atoms with van der Waals surface area (Å²) >= 11 is 0. The van der Waals surface area contributed by atoms with Crippen LogP contribution in [0.3, 0.4) is 0 Å². The monoisotopic (exact) mass is 542 g/mol. The molecule has 0 aliphatic carbocycles. The van der Waals surface area contributed by atoms with Crippen LogP contribution in [0.1, 0.15) is 28.8 Å². The Hall–Kier alpha value is -4.28. The zero-order chi connectivity index (χ0) is 27.7.